The Labute approximate surface area is 251 Å². The van der Waals surface area contributed by atoms with E-state index in [0.717, 1.165) is 23.6 Å². The number of carbonyl (C=O) groups excluding carboxylic acids is 1. The summed E-state index contributed by atoms with van der Waals surface area (Å²) < 4.78 is 31.8. The molecule has 220 valence electrons. The van der Waals surface area contributed by atoms with E-state index in [1.54, 1.807) is 42.7 Å². The van der Waals surface area contributed by atoms with E-state index in [2.05, 4.69) is 24.3 Å². The Hall–Kier alpha value is -3.82. The molecule has 0 spiro atoms. The van der Waals surface area contributed by atoms with Gasteiger partial charge in [0, 0.05) is 33.1 Å². The van der Waals surface area contributed by atoms with Crippen LogP contribution in [0.2, 0.25) is 5.02 Å². The van der Waals surface area contributed by atoms with Crippen LogP contribution in [0.4, 0.5) is 5.69 Å². The topological polar surface area (TPSA) is 84.6 Å². The summed E-state index contributed by atoms with van der Waals surface area (Å²) >= 11 is 6.49. The lowest BCUT2D eigenvalue weighted by Gasteiger charge is -2.30. The molecule has 5 rings (SSSR count). The number of benzene rings is 3. The number of amides is 1. The van der Waals surface area contributed by atoms with E-state index in [4.69, 9.17) is 11.6 Å². The van der Waals surface area contributed by atoms with Gasteiger partial charge in [-0.1, -0.05) is 66.0 Å². The summed E-state index contributed by atoms with van der Waals surface area (Å²) in [5.41, 5.74) is 3.11. The number of hydrogen-bond donors (Lipinski definition) is 0. The van der Waals surface area contributed by atoms with Gasteiger partial charge in [-0.2, -0.15) is 0 Å². The van der Waals surface area contributed by atoms with E-state index in [0.29, 0.717) is 11.4 Å². The van der Waals surface area contributed by atoms with Gasteiger partial charge in [-0.15, -0.1) is 0 Å². The van der Waals surface area contributed by atoms with Gasteiger partial charge in [0.15, 0.2) is 0 Å². The fourth-order valence-corrected chi connectivity index (χ4v) is 7.44. The zero-order valence-corrected chi connectivity index (χ0v) is 26.0. The Morgan fingerprint density at radius 2 is 1.62 bits per heavy atom. The molecule has 1 amide bonds. The highest BCUT2D eigenvalue weighted by molar-refractivity contribution is 7.92. The van der Waals surface area contributed by atoms with Crippen LogP contribution in [0.1, 0.15) is 52.4 Å². The van der Waals surface area contributed by atoms with Crippen molar-refractivity contribution in [2.75, 3.05) is 18.4 Å². The first-order chi connectivity index (χ1) is 19.9. The van der Waals surface area contributed by atoms with Crippen LogP contribution >= 0.6 is 11.6 Å². The van der Waals surface area contributed by atoms with Crippen LogP contribution < -0.4 is 9.86 Å². The maximum Gasteiger partial charge on any atom is 0.296 e. The summed E-state index contributed by atoms with van der Waals surface area (Å²) in [6, 6.07) is 21.5. The van der Waals surface area contributed by atoms with Crippen LogP contribution in [0.25, 0.3) is 5.69 Å². The van der Waals surface area contributed by atoms with E-state index in [9.17, 15) is 18.0 Å². The van der Waals surface area contributed by atoms with Crippen molar-refractivity contribution >= 4 is 33.2 Å². The smallest absolute Gasteiger partial charge is 0.296 e. The molecular weight excluding hydrogens is 572 g/mol. The normalized spacial score (nSPS) is 16.9. The van der Waals surface area contributed by atoms with Gasteiger partial charge < -0.3 is 4.90 Å². The molecule has 4 aromatic rings. The van der Waals surface area contributed by atoms with Gasteiger partial charge >= 0.3 is 0 Å². The maximum absolute atomic E-state index is 13.9. The fourth-order valence-electron chi connectivity index (χ4n) is 5.97. The molecule has 1 aliphatic rings. The number of para-hydroxylation sites is 1. The molecule has 0 saturated heterocycles. The highest BCUT2D eigenvalue weighted by Crippen LogP contribution is 2.38. The van der Waals surface area contributed by atoms with Crippen LogP contribution in [0.15, 0.2) is 82.5 Å². The minimum absolute atomic E-state index is 0.0215. The standard InChI is InChI=1S/C32H35ClN4O4S/c1-21-14-16-23(17-15-21)26-12-9-13-29(26)34(3)31(38)27-20-25(18-19-28(27)33)42(40,41)36(5)30-22(2)35(4)37(32(30)39)24-10-7-6-8-11-24/h6-8,10-11,14-20,26,29H,9,12-13H2,1-5H3. The van der Waals surface area contributed by atoms with Gasteiger partial charge in [-0.3, -0.25) is 18.6 Å². The largest absolute Gasteiger partial charge is 0.338 e. The number of sulfonamides is 1. The second-order valence-corrected chi connectivity index (χ2v) is 13.3. The Morgan fingerprint density at radius 3 is 2.29 bits per heavy atom. The van der Waals surface area contributed by atoms with Crippen molar-refractivity contribution in [1.82, 2.24) is 14.3 Å². The van der Waals surface area contributed by atoms with Crippen molar-refractivity contribution in [2.45, 2.75) is 50.0 Å². The van der Waals surface area contributed by atoms with Crippen LogP contribution in [-0.2, 0) is 17.1 Å². The monoisotopic (exact) mass is 606 g/mol. The molecule has 1 aromatic heterocycles. The van der Waals surface area contributed by atoms with Gasteiger partial charge in [0.1, 0.15) is 5.69 Å². The van der Waals surface area contributed by atoms with Crippen LogP contribution in [0, 0.1) is 13.8 Å². The minimum atomic E-state index is -4.22. The van der Waals surface area contributed by atoms with E-state index in [1.165, 1.54) is 41.1 Å². The zero-order valence-electron chi connectivity index (χ0n) is 24.4. The van der Waals surface area contributed by atoms with Crippen molar-refractivity contribution in [1.29, 1.82) is 0 Å². The SMILES string of the molecule is Cc1ccc(C2CCCC2N(C)C(=O)c2cc(S(=O)(=O)N(C)c3c(C)n(C)n(-c4ccccc4)c3=O)ccc2Cl)cc1. The van der Waals surface area contributed by atoms with Crippen LogP contribution in [0.3, 0.4) is 0 Å². The number of hydrogen-bond acceptors (Lipinski definition) is 4. The maximum atomic E-state index is 13.9. The highest BCUT2D eigenvalue weighted by atomic mass is 35.5. The van der Waals surface area contributed by atoms with E-state index < -0.39 is 15.6 Å². The predicted molar refractivity (Wildman–Crippen MR) is 166 cm³/mol. The molecule has 2 atom stereocenters. The highest BCUT2D eigenvalue weighted by Gasteiger charge is 2.35. The first-order valence-electron chi connectivity index (χ1n) is 13.9. The summed E-state index contributed by atoms with van der Waals surface area (Å²) in [5.74, 6) is -0.157. The summed E-state index contributed by atoms with van der Waals surface area (Å²) in [4.78, 5) is 28.9. The number of aromatic nitrogens is 2. The predicted octanol–water partition coefficient (Wildman–Crippen LogP) is 5.68. The number of anilines is 1. The number of carbonyl (C=O) groups is 1. The summed E-state index contributed by atoms with van der Waals surface area (Å²) in [6.45, 7) is 3.74. The molecule has 1 heterocycles. The van der Waals surface area contributed by atoms with Gasteiger partial charge in [0.25, 0.3) is 21.5 Å². The molecule has 42 heavy (non-hydrogen) atoms. The Morgan fingerprint density at radius 1 is 0.952 bits per heavy atom. The van der Waals surface area contributed by atoms with Gasteiger partial charge in [0.05, 0.1) is 26.9 Å². The molecule has 8 nitrogen and oxygen atoms in total. The molecule has 2 unspecified atom stereocenters. The number of nitrogens with zero attached hydrogens (tertiary/aromatic N) is 4. The first-order valence-corrected chi connectivity index (χ1v) is 15.7. The summed E-state index contributed by atoms with van der Waals surface area (Å²) in [6.07, 6.45) is 2.81. The van der Waals surface area contributed by atoms with E-state index >= 15 is 0 Å². The molecule has 1 saturated carbocycles. The van der Waals surface area contributed by atoms with Gasteiger partial charge in [-0.25, -0.2) is 13.1 Å². The zero-order chi connectivity index (χ0) is 30.3. The lowest BCUT2D eigenvalue weighted by Crippen LogP contribution is -2.39. The summed E-state index contributed by atoms with van der Waals surface area (Å²) in [7, 11) is 0.584. The number of halogens is 1. The van der Waals surface area contributed by atoms with Gasteiger partial charge in [-0.05, 0) is 62.6 Å². The molecule has 10 heteroatoms. The number of aryl methyl sites for hydroxylation is 1. The molecule has 1 fully saturated rings. The molecule has 0 aliphatic heterocycles. The average molecular weight is 607 g/mol. The molecule has 0 radical (unpaired) electrons. The third kappa shape index (κ3) is 5.16. The Balaban J connectivity index is 1.47. The third-order valence-electron chi connectivity index (χ3n) is 8.47. The average Bonchev–Trinajstić information content (AvgIpc) is 3.55. The molecular formula is C32H35ClN4O4S. The van der Waals surface area contributed by atoms with Gasteiger partial charge in [0.2, 0.25) is 0 Å². The van der Waals surface area contributed by atoms with E-state index in [1.807, 2.05) is 25.1 Å². The van der Waals surface area contributed by atoms with Crippen LogP contribution in [-0.4, -0.2) is 48.7 Å². The second kappa shape index (κ2) is 11.5. The number of rotatable bonds is 7. The molecule has 0 N–H and O–H groups in total. The van der Waals surface area contributed by atoms with Crippen molar-refractivity contribution in [3.05, 3.63) is 111 Å². The molecule has 1 aliphatic carbocycles. The fraction of sp³-hybridized carbons (Fsp3) is 0.312. The van der Waals surface area contributed by atoms with Crippen molar-refractivity contribution < 1.29 is 13.2 Å². The molecule has 0 bridgehead atoms. The lowest BCUT2D eigenvalue weighted by molar-refractivity contribution is 0.0722. The molecule has 3 aromatic carbocycles. The van der Waals surface area contributed by atoms with Crippen molar-refractivity contribution in [3.63, 3.8) is 0 Å². The quantitative estimate of drug-likeness (QED) is 0.271. The third-order valence-corrected chi connectivity index (χ3v) is 10.6. The lowest BCUT2D eigenvalue weighted by atomic mass is 9.92. The second-order valence-electron chi connectivity index (χ2n) is 11.0. The summed E-state index contributed by atoms with van der Waals surface area (Å²) in [5, 5.41) is 0.167. The Bertz CT molecular complexity index is 1800. The number of likely N-dealkylation sites (N-methyl/N-ethyl adjacent to an activating group) is 1. The first kappa shape index (κ1) is 29.7. The van der Waals surface area contributed by atoms with Crippen molar-refractivity contribution in [3.8, 4) is 5.69 Å². The minimum Gasteiger partial charge on any atom is -0.338 e. The van der Waals surface area contributed by atoms with Crippen molar-refractivity contribution in [2.24, 2.45) is 7.05 Å². The van der Waals surface area contributed by atoms with E-state index in [-0.39, 0.29) is 39.0 Å². The Kier molecular flexibility index (Phi) is 8.09. The van der Waals surface area contributed by atoms with Crippen LogP contribution in [0.5, 0.6) is 0 Å².